The van der Waals surface area contributed by atoms with Gasteiger partial charge in [0.15, 0.2) is 0 Å². The number of hydrogen-bond donors (Lipinski definition) is 1. The van der Waals surface area contributed by atoms with Crippen molar-refractivity contribution < 1.29 is 23.9 Å². The largest absolute Gasteiger partial charge is 0.478 e. The van der Waals surface area contributed by atoms with Crippen LogP contribution in [-0.2, 0) is 4.79 Å². The molecule has 2 amide bonds. The number of furan rings is 1. The van der Waals surface area contributed by atoms with Gasteiger partial charge >= 0.3 is 5.97 Å². The predicted molar refractivity (Wildman–Crippen MR) is 111 cm³/mol. The van der Waals surface area contributed by atoms with E-state index in [9.17, 15) is 19.5 Å². The molecule has 6 nitrogen and oxygen atoms in total. The standard InChI is InChI=1S/C21H12ClNO5S/c22-16-8-6-12(10-15(16)20(25)26)17-9-7-14(28-17)11-18-19(24)23(21(27)29-18)13-4-2-1-3-5-13/h1-11H,(H,25,26)/b18-11+. The summed E-state index contributed by atoms with van der Waals surface area (Å²) in [7, 11) is 0. The second-order valence-electron chi connectivity index (χ2n) is 6.05. The van der Waals surface area contributed by atoms with E-state index in [1.807, 2.05) is 0 Å². The second kappa shape index (κ2) is 7.62. The van der Waals surface area contributed by atoms with Gasteiger partial charge in [0.05, 0.1) is 21.2 Å². The Morgan fingerprint density at radius 1 is 1.07 bits per heavy atom. The Bertz CT molecular complexity index is 1170. The van der Waals surface area contributed by atoms with E-state index in [1.165, 1.54) is 18.2 Å². The summed E-state index contributed by atoms with van der Waals surface area (Å²) in [6.45, 7) is 0. The molecule has 0 radical (unpaired) electrons. The number of imide groups is 1. The summed E-state index contributed by atoms with van der Waals surface area (Å²) in [5.41, 5.74) is 0.996. The highest BCUT2D eigenvalue weighted by atomic mass is 35.5. The van der Waals surface area contributed by atoms with Gasteiger partial charge in [-0.25, -0.2) is 9.69 Å². The van der Waals surface area contributed by atoms with Crippen molar-refractivity contribution in [3.8, 4) is 11.3 Å². The first-order valence-corrected chi connectivity index (χ1v) is 9.59. The summed E-state index contributed by atoms with van der Waals surface area (Å²) in [6.07, 6.45) is 1.49. The van der Waals surface area contributed by atoms with Gasteiger partial charge in [0.1, 0.15) is 11.5 Å². The van der Waals surface area contributed by atoms with Crippen LogP contribution < -0.4 is 4.90 Å². The summed E-state index contributed by atoms with van der Waals surface area (Å²) in [5, 5.41) is 8.94. The highest BCUT2D eigenvalue weighted by molar-refractivity contribution is 8.19. The molecule has 1 aliphatic rings. The van der Waals surface area contributed by atoms with Gasteiger partial charge in [0, 0.05) is 11.6 Å². The Hall–Kier alpha value is -3.29. The summed E-state index contributed by atoms with van der Waals surface area (Å²) in [5.74, 6) is -0.787. The van der Waals surface area contributed by atoms with Crippen LogP contribution in [0.4, 0.5) is 10.5 Å². The van der Waals surface area contributed by atoms with Crippen molar-refractivity contribution in [1.82, 2.24) is 0 Å². The average molecular weight is 426 g/mol. The van der Waals surface area contributed by atoms with Crippen LogP contribution in [0.2, 0.25) is 5.02 Å². The zero-order chi connectivity index (χ0) is 20.5. The molecule has 1 aromatic heterocycles. The summed E-state index contributed by atoms with van der Waals surface area (Å²) < 4.78 is 5.72. The molecule has 0 aliphatic carbocycles. The van der Waals surface area contributed by atoms with Crippen molar-refractivity contribution in [2.75, 3.05) is 4.90 Å². The number of carboxylic acid groups (broad SMARTS) is 1. The van der Waals surface area contributed by atoms with E-state index >= 15 is 0 Å². The lowest BCUT2D eigenvalue weighted by atomic mass is 10.1. The lowest BCUT2D eigenvalue weighted by Crippen LogP contribution is -2.27. The lowest BCUT2D eigenvalue weighted by Gasteiger charge is -2.11. The van der Waals surface area contributed by atoms with E-state index in [1.54, 1.807) is 48.5 Å². The fraction of sp³-hybridized carbons (Fsp3) is 0. The third kappa shape index (κ3) is 3.70. The molecule has 1 N–H and O–H groups in total. The first kappa shape index (κ1) is 19.0. The lowest BCUT2D eigenvalue weighted by molar-refractivity contribution is -0.113. The summed E-state index contributed by atoms with van der Waals surface area (Å²) in [4.78, 5) is 37.5. The third-order valence-corrected chi connectivity index (χ3v) is 5.39. The quantitative estimate of drug-likeness (QED) is 0.552. The number of nitrogens with zero attached hydrogens (tertiary/aromatic N) is 1. The smallest absolute Gasteiger partial charge is 0.337 e. The number of para-hydroxylation sites is 1. The number of benzene rings is 2. The average Bonchev–Trinajstić information content (AvgIpc) is 3.27. The van der Waals surface area contributed by atoms with Gasteiger partial charge in [0.25, 0.3) is 11.1 Å². The summed E-state index contributed by atoms with van der Waals surface area (Å²) >= 11 is 6.72. The first-order valence-electron chi connectivity index (χ1n) is 8.40. The molecule has 1 aliphatic heterocycles. The van der Waals surface area contributed by atoms with E-state index < -0.39 is 11.9 Å². The molecule has 1 fully saturated rings. The molecule has 144 valence electrons. The molecule has 0 saturated carbocycles. The minimum absolute atomic E-state index is 0.0360. The number of anilines is 1. The molecule has 0 unspecified atom stereocenters. The van der Waals surface area contributed by atoms with Gasteiger partial charge in [-0.3, -0.25) is 9.59 Å². The highest BCUT2D eigenvalue weighted by Crippen LogP contribution is 2.36. The maximum Gasteiger partial charge on any atom is 0.337 e. The van der Waals surface area contributed by atoms with Crippen LogP contribution >= 0.6 is 23.4 Å². The van der Waals surface area contributed by atoms with Crippen LogP contribution in [0, 0.1) is 0 Å². The molecule has 8 heteroatoms. The Balaban J connectivity index is 1.62. The van der Waals surface area contributed by atoms with Crippen molar-refractivity contribution in [2.45, 2.75) is 0 Å². The monoisotopic (exact) mass is 425 g/mol. The van der Waals surface area contributed by atoms with Gasteiger partial charge in [0.2, 0.25) is 0 Å². The van der Waals surface area contributed by atoms with Crippen molar-refractivity contribution in [3.63, 3.8) is 0 Å². The molecule has 1 saturated heterocycles. The number of carboxylic acids is 1. The number of amides is 2. The van der Waals surface area contributed by atoms with E-state index in [0.29, 0.717) is 22.8 Å². The van der Waals surface area contributed by atoms with Gasteiger partial charge < -0.3 is 9.52 Å². The van der Waals surface area contributed by atoms with Crippen LogP contribution in [0.5, 0.6) is 0 Å². The van der Waals surface area contributed by atoms with Crippen LogP contribution in [-0.4, -0.2) is 22.2 Å². The van der Waals surface area contributed by atoms with Crippen LogP contribution in [0.25, 0.3) is 17.4 Å². The maximum atomic E-state index is 12.6. The molecule has 3 aromatic rings. The van der Waals surface area contributed by atoms with E-state index in [0.717, 1.165) is 16.7 Å². The number of hydrogen-bond acceptors (Lipinski definition) is 5. The molecule has 4 rings (SSSR count). The Morgan fingerprint density at radius 3 is 2.55 bits per heavy atom. The van der Waals surface area contributed by atoms with Crippen LogP contribution in [0.1, 0.15) is 16.1 Å². The van der Waals surface area contributed by atoms with Gasteiger partial charge in [-0.15, -0.1) is 0 Å². The molecular weight excluding hydrogens is 414 g/mol. The number of carbonyl (C=O) groups excluding carboxylic acids is 2. The zero-order valence-corrected chi connectivity index (χ0v) is 16.2. The molecule has 0 atom stereocenters. The fourth-order valence-electron chi connectivity index (χ4n) is 2.82. The number of rotatable bonds is 4. The molecular formula is C21H12ClNO5S. The van der Waals surface area contributed by atoms with Gasteiger partial charge in [-0.1, -0.05) is 29.8 Å². The predicted octanol–water partition coefficient (Wildman–Crippen LogP) is 5.54. The summed E-state index contributed by atoms with van der Waals surface area (Å²) in [6, 6.07) is 16.5. The highest BCUT2D eigenvalue weighted by Gasteiger charge is 2.36. The van der Waals surface area contributed by atoms with Crippen LogP contribution in [0.15, 0.2) is 70.0 Å². The third-order valence-electron chi connectivity index (χ3n) is 4.19. The second-order valence-corrected chi connectivity index (χ2v) is 7.45. The number of thioether (sulfide) groups is 1. The Morgan fingerprint density at radius 2 is 1.83 bits per heavy atom. The van der Waals surface area contributed by atoms with E-state index in [4.69, 9.17) is 16.0 Å². The number of carbonyl (C=O) groups is 3. The SMILES string of the molecule is O=C(O)c1cc(-c2ccc(/C=C3/SC(=O)N(c4ccccc4)C3=O)o2)ccc1Cl. The van der Waals surface area contributed by atoms with Crippen molar-refractivity contribution >= 4 is 52.2 Å². The number of aromatic carboxylic acids is 1. The molecule has 29 heavy (non-hydrogen) atoms. The topological polar surface area (TPSA) is 87.8 Å². The van der Waals surface area contributed by atoms with Crippen LogP contribution in [0.3, 0.4) is 0 Å². The molecule has 2 heterocycles. The van der Waals surface area contributed by atoms with Crippen molar-refractivity contribution in [1.29, 1.82) is 0 Å². The Kier molecular flexibility index (Phi) is 5.00. The molecule has 2 aromatic carbocycles. The van der Waals surface area contributed by atoms with E-state index in [2.05, 4.69) is 0 Å². The minimum Gasteiger partial charge on any atom is -0.478 e. The Labute approximate surface area is 174 Å². The minimum atomic E-state index is -1.14. The molecule has 0 bridgehead atoms. The van der Waals surface area contributed by atoms with Crippen molar-refractivity contribution in [2.24, 2.45) is 0 Å². The van der Waals surface area contributed by atoms with Crippen molar-refractivity contribution in [3.05, 3.63) is 81.9 Å². The maximum absolute atomic E-state index is 12.6. The first-order chi connectivity index (χ1) is 13.9. The normalized spacial score (nSPS) is 15.3. The van der Waals surface area contributed by atoms with Gasteiger partial charge in [-0.05, 0) is 54.2 Å². The zero-order valence-electron chi connectivity index (χ0n) is 14.7. The molecule has 0 spiro atoms. The number of halogens is 1. The van der Waals surface area contributed by atoms with E-state index in [-0.39, 0.29) is 20.7 Å². The fourth-order valence-corrected chi connectivity index (χ4v) is 3.84. The van der Waals surface area contributed by atoms with Gasteiger partial charge in [-0.2, -0.15) is 0 Å².